The Hall–Kier alpha value is -1.26. The first-order valence-corrected chi connectivity index (χ1v) is 7.66. The van der Waals surface area contributed by atoms with E-state index in [0.717, 1.165) is 16.3 Å². The molecule has 2 rings (SSSR count). The normalized spacial score (nSPS) is 12.9. The fourth-order valence-corrected chi connectivity index (χ4v) is 3.06. The topological polar surface area (TPSA) is 24.9 Å². The summed E-state index contributed by atoms with van der Waals surface area (Å²) in [4.78, 5) is 5.84. The molecule has 1 N–H and O–H groups in total. The quantitative estimate of drug-likeness (QED) is 0.909. The highest BCUT2D eigenvalue weighted by Crippen LogP contribution is 2.29. The molecule has 0 radical (unpaired) electrons. The molecule has 1 atom stereocenters. The number of hydrogen-bond donors (Lipinski definition) is 1. The van der Waals surface area contributed by atoms with Crippen LogP contribution in [0, 0.1) is 26.6 Å². The Morgan fingerprint density at radius 1 is 1.20 bits per heavy atom. The summed E-state index contributed by atoms with van der Waals surface area (Å²) in [5.41, 5.74) is 2.65. The number of thiazole rings is 1. The number of aryl methyl sites for hydroxylation is 3. The largest absolute Gasteiger partial charge is 0.302 e. The second-order valence-corrected chi connectivity index (χ2v) is 6.69. The molecule has 0 fully saturated rings. The third kappa shape index (κ3) is 3.25. The van der Waals surface area contributed by atoms with E-state index in [-0.39, 0.29) is 11.9 Å². The zero-order valence-electron chi connectivity index (χ0n) is 12.6. The van der Waals surface area contributed by atoms with Crippen LogP contribution in [-0.4, -0.2) is 11.0 Å². The maximum atomic E-state index is 13.8. The Bertz CT molecular complexity index is 585. The molecule has 1 aromatic heterocycles. The van der Waals surface area contributed by atoms with Crippen LogP contribution in [0.4, 0.5) is 4.39 Å². The first-order valence-electron chi connectivity index (χ1n) is 6.84. The molecule has 0 saturated carbocycles. The van der Waals surface area contributed by atoms with Crippen LogP contribution in [0.1, 0.15) is 46.6 Å². The Balaban J connectivity index is 2.43. The number of nitrogens with one attached hydrogen (secondary N) is 1. The summed E-state index contributed by atoms with van der Waals surface area (Å²) in [6.45, 7) is 10.0. The summed E-state index contributed by atoms with van der Waals surface area (Å²) in [6, 6.07) is 5.66. The maximum Gasteiger partial charge on any atom is 0.126 e. The molecule has 1 aromatic carbocycles. The van der Waals surface area contributed by atoms with Crippen molar-refractivity contribution in [3.63, 3.8) is 0 Å². The average molecular weight is 292 g/mol. The van der Waals surface area contributed by atoms with E-state index >= 15 is 0 Å². The average Bonchev–Trinajstić information content (AvgIpc) is 2.70. The molecule has 0 saturated heterocycles. The Morgan fingerprint density at radius 2 is 1.90 bits per heavy atom. The van der Waals surface area contributed by atoms with Crippen LogP contribution in [0.15, 0.2) is 18.2 Å². The summed E-state index contributed by atoms with van der Waals surface area (Å²) in [5, 5.41) is 4.48. The molecule has 0 aliphatic rings. The van der Waals surface area contributed by atoms with Crippen LogP contribution >= 0.6 is 11.3 Å². The van der Waals surface area contributed by atoms with Crippen LogP contribution in [0.25, 0.3) is 0 Å². The summed E-state index contributed by atoms with van der Waals surface area (Å²) >= 11 is 1.67. The molecule has 4 heteroatoms. The van der Waals surface area contributed by atoms with Gasteiger partial charge in [-0.1, -0.05) is 12.1 Å². The standard InChI is InChI=1S/C16H21FN2S/c1-9(2)18-15(16-19-11(4)12(5)20-16)13-7-6-10(3)14(17)8-13/h6-9,15,18H,1-5H3. The van der Waals surface area contributed by atoms with Gasteiger partial charge in [-0.3, -0.25) is 0 Å². The van der Waals surface area contributed by atoms with Crippen molar-refractivity contribution in [3.05, 3.63) is 50.7 Å². The molecule has 20 heavy (non-hydrogen) atoms. The molecule has 2 aromatic rings. The van der Waals surface area contributed by atoms with Gasteiger partial charge in [-0.2, -0.15) is 0 Å². The van der Waals surface area contributed by atoms with Gasteiger partial charge in [0.25, 0.3) is 0 Å². The minimum atomic E-state index is -0.164. The minimum Gasteiger partial charge on any atom is -0.302 e. The molecule has 1 heterocycles. The van der Waals surface area contributed by atoms with E-state index in [0.29, 0.717) is 11.6 Å². The van der Waals surface area contributed by atoms with Gasteiger partial charge in [0.05, 0.1) is 11.7 Å². The number of halogens is 1. The van der Waals surface area contributed by atoms with Crippen molar-refractivity contribution in [2.75, 3.05) is 0 Å². The molecule has 108 valence electrons. The summed E-state index contributed by atoms with van der Waals surface area (Å²) in [5.74, 6) is -0.164. The Labute approximate surface area is 124 Å². The minimum absolute atomic E-state index is 0.0532. The molecule has 0 amide bonds. The zero-order valence-corrected chi connectivity index (χ0v) is 13.4. The van der Waals surface area contributed by atoms with E-state index in [9.17, 15) is 4.39 Å². The molecule has 0 aliphatic carbocycles. The lowest BCUT2D eigenvalue weighted by molar-refractivity contribution is 0.522. The van der Waals surface area contributed by atoms with Crippen molar-refractivity contribution in [1.29, 1.82) is 0 Å². The van der Waals surface area contributed by atoms with Gasteiger partial charge in [0.1, 0.15) is 10.8 Å². The second-order valence-electron chi connectivity index (χ2n) is 5.46. The molecule has 2 nitrogen and oxygen atoms in total. The second kappa shape index (κ2) is 6.02. The monoisotopic (exact) mass is 292 g/mol. The number of hydrogen-bond acceptors (Lipinski definition) is 3. The first-order chi connectivity index (χ1) is 9.38. The van der Waals surface area contributed by atoms with Crippen molar-refractivity contribution in [3.8, 4) is 0 Å². The lowest BCUT2D eigenvalue weighted by Crippen LogP contribution is -2.29. The van der Waals surface area contributed by atoms with Crippen LogP contribution in [-0.2, 0) is 0 Å². The number of rotatable bonds is 4. The van der Waals surface area contributed by atoms with E-state index < -0.39 is 0 Å². The molecule has 0 spiro atoms. The van der Waals surface area contributed by atoms with Gasteiger partial charge >= 0.3 is 0 Å². The van der Waals surface area contributed by atoms with Crippen molar-refractivity contribution in [2.45, 2.75) is 46.7 Å². The molecule has 0 bridgehead atoms. The number of benzene rings is 1. The van der Waals surface area contributed by atoms with Crippen LogP contribution in [0.5, 0.6) is 0 Å². The molecular formula is C16H21FN2S. The predicted molar refractivity (Wildman–Crippen MR) is 82.8 cm³/mol. The summed E-state index contributed by atoms with van der Waals surface area (Å²) in [7, 11) is 0. The van der Waals surface area contributed by atoms with E-state index in [1.807, 2.05) is 19.1 Å². The zero-order chi connectivity index (χ0) is 14.9. The van der Waals surface area contributed by atoms with Crippen LogP contribution < -0.4 is 5.32 Å². The number of nitrogens with zero attached hydrogens (tertiary/aromatic N) is 1. The molecule has 0 aliphatic heterocycles. The van der Waals surface area contributed by atoms with Gasteiger partial charge in [0, 0.05) is 10.9 Å². The van der Waals surface area contributed by atoms with Gasteiger partial charge in [-0.05, 0) is 51.8 Å². The van der Waals surface area contributed by atoms with Crippen molar-refractivity contribution in [2.24, 2.45) is 0 Å². The van der Waals surface area contributed by atoms with Crippen LogP contribution in [0.2, 0.25) is 0 Å². The van der Waals surface area contributed by atoms with Gasteiger partial charge in [-0.25, -0.2) is 9.37 Å². The molecule has 1 unspecified atom stereocenters. The van der Waals surface area contributed by atoms with E-state index in [4.69, 9.17) is 0 Å². The van der Waals surface area contributed by atoms with E-state index in [1.54, 1.807) is 24.3 Å². The summed E-state index contributed by atoms with van der Waals surface area (Å²) < 4.78 is 13.8. The molecular weight excluding hydrogens is 271 g/mol. The lowest BCUT2D eigenvalue weighted by atomic mass is 10.0. The van der Waals surface area contributed by atoms with Gasteiger partial charge in [0.15, 0.2) is 0 Å². The Kier molecular flexibility index (Phi) is 4.55. The highest BCUT2D eigenvalue weighted by molar-refractivity contribution is 7.11. The SMILES string of the molecule is Cc1ccc(C(NC(C)C)c2nc(C)c(C)s2)cc1F. The third-order valence-electron chi connectivity index (χ3n) is 3.32. The smallest absolute Gasteiger partial charge is 0.126 e. The first kappa shape index (κ1) is 15.1. The van der Waals surface area contributed by atoms with Crippen LogP contribution in [0.3, 0.4) is 0 Å². The van der Waals surface area contributed by atoms with Crippen molar-refractivity contribution >= 4 is 11.3 Å². The van der Waals surface area contributed by atoms with Gasteiger partial charge in [0.2, 0.25) is 0 Å². The fraction of sp³-hybridized carbons (Fsp3) is 0.438. The summed E-state index contributed by atoms with van der Waals surface area (Å²) in [6.07, 6.45) is 0. The predicted octanol–water partition coefficient (Wildman–Crippen LogP) is 4.29. The van der Waals surface area contributed by atoms with E-state index in [1.165, 1.54) is 4.88 Å². The van der Waals surface area contributed by atoms with Gasteiger partial charge < -0.3 is 5.32 Å². The third-order valence-corrected chi connectivity index (χ3v) is 4.46. The van der Waals surface area contributed by atoms with Crippen molar-refractivity contribution in [1.82, 2.24) is 10.3 Å². The highest BCUT2D eigenvalue weighted by Gasteiger charge is 2.20. The maximum absolute atomic E-state index is 13.8. The van der Waals surface area contributed by atoms with Gasteiger partial charge in [-0.15, -0.1) is 11.3 Å². The van der Waals surface area contributed by atoms with E-state index in [2.05, 4.69) is 31.1 Å². The lowest BCUT2D eigenvalue weighted by Gasteiger charge is -2.20. The Morgan fingerprint density at radius 3 is 2.40 bits per heavy atom. The fourth-order valence-electron chi connectivity index (χ4n) is 2.05. The highest BCUT2D eigenvalue weighted by atomic mass is 32.1. The van der Waals surface area contributed by atoms with Crippen molar-refractivity contribution < 1.29 is 4.39 Å². The number of aromatic nitrogens is 1.